The zero-order valence-electron chi connectivity index (χ0n) is 10.3. The first-order chi connectivity index (χ1) is 8.61. The molecule has 5 nitrogen and oxygen atoms in total. The summed E-state index contributed by atoms with van der Waals surface area (Å²) in [4.78, 5) is 13.7. The smallest absolute Gasteiger partial charge is 0.304 e. The van der Waals surface area contributed by atoms with Crippen LogP contribution in [0.2, 0.25) is 5.02 Å². The van der Waals surface area contributed by atoms with E-state index in [-0.39, 0.29) is 4.87 Å². The standard InChI is InChI=1S/C11H15ClN4OS/c1-3-16-9(10(12)7(2)15-16)5-13-4-8-6-18-11(17)14-8/h6,13H,3-5H2,1-2H3,(H,14,17). The van der Waals surface area contributed by atoms with Crippen molar-refractivity contribution in [3.8, 4) is 0 Å². The highest BCUT2D eigenvalue weighted by atomic mass is 35.5. The number of hydrogen-bond donors (Lipinski definition) is 2. The Balaban J connectivity index is 2.00. The summed E-state index contributed by atoms with van der Waals surface area (Å²) in [6.45, 7) is 5.96. The predicted octanol–water partition coefficient (Wildman–Crippen LogP) is 1.90. The molecule has 0 saturated carbocycles. The summed E-state index contributed by atoms with van der Waals surface area (Å²) in [6.07, 6.45) is 0. The predicted molar refractivity (Wildman–Crippen MR) is 73.1 cm³/mol. The lowest BCUT2D eigenvalue weighted by atomic mass is 10.3. The van der Waals surface area contributed by atoms with E-state index in [1.165, 1.54) is 11.3 Å². The van der Waals surface area contributed by atoms with Gasteiger partial charge in [0.15, 0.2) is 0 Å². The largest absolute Gasteiger partial charge is 0.315 e. The van der Waals surface area contributed by atoms with E-state index in [0.717, 1.165) is 23.6 Å². The van der Waals surface area contributed by atoms with Gasteiger partial charge in [0.25, 0.3) is 0 Å². The number of aromatic nitrogens is 3. The molecule has 0 unspecified atom stereocenters. The van der Waals surface area contributed by atoms with Crippen molar-refractivity contribution in [3.63, 3.8) is 0 Å². The monoisotopic (exact) mass is 286 g/mol. The van der Waals surface area contributed by atoms with Crippen molar-refractivity contribution in [1.29, 1.82) is 0 Å². The van der Waals surface area contributed by atoms with Crippen LogP contribution in [0.1, 0.15) is 24.0 Å². The van der Waals surface area contributed by atoms with Crippen LogP contribution in [0.4, 0.5) is 0 Å². The molecular formula is C11H15ClN4OS. The highest BCUT2D eigenvalue weighted by Crippen LogP contribution is 2.19. The van der Waals surface area contributed by atoms with Crippen LogP contribution in [-0.4, -0.2) is 14.8 Å². The third kappa shape index (κ3) is 2.82. The molecule has 2 heterocycles. The summed E-state index contributed by atoms with van der Waals surface area (Å²) in [5.41, 5.74) is 2.72. The minimum Gasteiger partial charge on any atom is -0.315 e. The number of rotatable bonds is 5. The van der Waals surface area contributed by atoms with Gasteiger partial charge in [-0.1, -0.05) is 22.9 Å². The number of aromatic amines is 1. The Hall–Kier alpha value is -1.11. The molecule has 0 aliphatic carbocycles. The summed E-state index contributed by atoms with van der Waals surface area (Å²) in [5.74, 6) is 0. The molecule has 0 saturated heterocycles. The maximum atomic E-state index is 11.0. The summed E-state index contributed by atoms with van der Waals surface area (Å²) in [6, 6.07) is 0. The van der Waals surface area contributed by atoms with Gasteiger partial charge in [0, 0.05) is 30.7 Å². The minimum atomic E-state index is -0.0284. The number of thiazole rings is 1. The van der Waals surface area contributed by atoms with Crippen molar-refractivity contribution >= 4 is 22.9 Å². The average molecular weight is 287 g/mol. The first-order valence-electron chi connectivity index (χ1n) is 5.71. The van der Waals surface area contributed by atoms with Crippen LogP contribution in [0, 0.1) is 6.92 Å². The first kappa shape index (κ1) is 13.3. The highest BCUT2D eigenvalue weighted by molar-refractivity contribution is 7.07. The maximum Gasteiger partial charge on any atom is 0.304 e. The first-order valence-corrected chi connectivity index (χ1v) is 6.96. The van der Waals surface area contributed by atoms with Crippen molar-refractivity contribution in [2.24, 2.45) is 0 Å². The Bertz CT molecular complexity index is 586. The Labute approximate surface area is 114 Å². The topological polar surface area (TPSA) is 62.7 Å². The normalized spacial score (nSPS) is 11.1. The number of nitrogens with zero attached hydrogens (tertiary/aromatic N) is 2. The maximum absolute atomic E-state index is 11.0. The quantitative estimate of drug-likeness (QED) is 0.882. The number of H-pyrrole nitrogens is 1. The lowest BCUT2D eigenvalue weighted by Gasteiger charge is -2.06. The second-order valence-corrected chi connectivity index (χ2v) is 5.16. The summed E-state index contributed by atoms with van der Waals surface area (Å²) in [7, 11) is 0. The molecule has 0 fully saturated rings. The van der Waals surface area contributed by atoms with Gasteiger partial charge in [-0.25, -0.2) is 0 Å². The van der Waals surface area contributed by atoms with Gasteiger partial charge in [-0.3, -0.25) is 9.48 Å². The molecule has 18 heavy (non-hydrogen) atoms. The van der Waals surface area contributed by atoms with Crippen LogP contribution >= 0.6 is 22.9 Å². The van der Waals surface area contributed by atoms with E-state index in [0.29, 0.717) is 18.1 Å². The van der Waals surface area contributed by atoms with Gasteiger partial charge in [0.05, 0.1) is 16.4 Å². The fraction of sp³-hybridized carbons (Fsp3) is 0.455. The van der Waals surface area contributed by atoms with E-state index in [4.69, 9.17) is 11.6 Å². The van der Waals surface area contributed by atoms with Crippen LogP contribution in [0.5, 0.6) is 0 Å². The molecule has 2 N–H and O–H groups in total. The van der Waals surface area contributed by atoms with Crippen molar-refractivity contribution < 1.29 is 0 Å². The summed E-state index contributed by atoms with van der Waals surface area (Å²) in [5, 5.41) is 10.1. The summed E-state index contributed by atoms with van der Waals surface area (Å²) >= 11 is 7.37. The van der Waals surface area contributed by atoms with Gasteiger partial charge in [-0.15, -0.1) is 0 Å². The lowest BCUT2D eigenvalue weighted by Crippen LogP contribution is -2.17. The molecule has 98 valence electrons. The molecule has 0 spiro atoms. The van der Waals surface area contributed by atoms with Gasteiger partial charge < -0.3 is 10.3 Å². The molecule has 2 aromatic rings. The van der Waals surface area contributed by atoms with E-state index in [1.54, 1.807) is 0 Å². The van der Waals surface area contributed by atoms with E-state index in [9.17, 15) is 4.79 Å². The van der Waals surface area contributed by atoms with Gasteiger partial charge >= 0.3 is 4.87 Å². The van der Waals surface area contributed by atoms with Gasteiger partial charge in [-0.2, -0.15) is 5.10 Å². The Morgan fingerprint density at radius 3 is 2.94 bits per heavy atom. The van der Waals surface area contributed by atoms with Crippen LogP contribution in [0.15, 0.2) is 10.2 Å². The molecular weight excluding hydrogens is 272 g/mol. The number of hydrogen-bond acceptors (Lipinski definition) is 4. The van der Waals surface area contributed by atoms with E-state index in [2.05, 4.69) is 15.4 Å². The molecule has 7 heteroatoms. The van der Waals surface area contributed by atoms with Gasteiger partial charge in [-0.05, 0) is 13.8 Å². The van der Waals surface area contributed by atoms with Gasteiger partial charge in [0.2, 0.25) is 0 Å². The Kier molecular flexibility index (Phi) is 4.21. The fourth-order valence-corrected chi connectivity index (χ4v) is 2.54. The number of halogens is 1. The van der Waals surface area contributed by atoms with Crippen LogP contribution < -0.4 is 10.2 Å². The zero-order chi connectivity index (χ0) is 13.1. The lowest BCUT2D eigenvalue weighted by molar-refractivity contribution is 0.577. The molecule has 0 atom stereocenters. The zero-order valence-corrected chi connectivity index (χ0v) is 11.9. The summed E-state index contributed by atoms with van der Waals surface area (Å²) < 4.78 is 1.89. The molecule has 2 rings (SSSR count). The molecule has 0 aliphatic heterocycles. The van der Waals surface area contributed by atoms with E-state index < -0.39 is 0 Å². The van der Waals surface area contributed by atoms with Crippen LogP contribution in [0.3, 0.4) is 0 Å². The number of aryl methyl sites for hydroxylation is 2. The van der Waals surface area contributed by atoms with E-state index in [1.807, 2.05) is 23.9 Å². The van der Waals surface area contributed by atoms with Crippen molar-refractivity contribution in [1.82, 2.24) is 20.1 Å². The van der Waals surface area contributed by atoms with Crippen molar-refractivity contribution in [3.05, 3.63) is 37.2 Å². The van der Waals surface area contributed by atoms with Crippen LogP contribution in [0.25, 0.3) is 0 Å². The second kappa shape index (κ2) is 5.69. The highest BCUT2D eigenvalue weighted by Gasteiger charge is 2.11. The van der Waals surface area contributed by atoms with Crippen molar-refractivity contribution in [2.75, 3.05) is 0 Å². The molecule has 0 radical (unpaired) electrons. The second-order valence-electron chi connectivity index (χ2n) is 3.94. The molecule has 0 aromatic carbocycles. The molecule has 0 bridgehead atoms. The van der Waals surface area contributed by atoms with Gasteiger partial charge in [0.1, 0.15) is 0 Å². The average Bonchev–Trinajstić information content (AvgIpc) is 2.87. The van der Waals surface area contributed by atoms with E-state index >= 15 is 0 Å². The molecule has 0 aliphatic rings. The molecule has 0 amide bonds. The Morgan fingerprint density at radius 2 is 2.33 bits per heavy atom. The van der Waals surface area contributed by atoms with Crippen LogP contribution in [-0.2, 0) is 19.6 Å². The fourth-order valence-electron chi connectivity index (χ4n) is 1.75. The third-order valence-corrected chi connectivity index (χ3v) is 3.84. The molecule has 2 aromatic heterocycles. The third-order valence-electron chi connectivity index (χ3n) is 2.63. The minimum absolute atomic E-state index is 0.0284. The number of nitrogens with one attached hydrogen (secondary N) is 2. The SMILES string of the molecule is CCn1nc(C)c(Cl)c1CNCc1csc(=O)[nH]1. The van der Waals surface area contributed by atoms with Crippen molar-refractivity contribution in [2.45, 2.75) is 33.5 Å². The Morgan fingerprint density at radius 1 is 1.56 bits per heavy atom.